The molecular weight excluding hydrogens is 632 g/mol. The smallest absolute Gasteiger partial charge is 0.173 e. The molecule has 1 aliphatic heterocycles. The van der Waals surface area contributed by atoms with Crippen LogP contribution in [-0.4, -0.2) is 0 Å². The Morgan fingerprint density at radius 3 is 1.65 bits per heavy atom. The van der Waals surface area contributed by atoms with Crippen molar-refractivity contribution in [3.05, 3.63) is 176 Å². The molecule has 1 atom stereocenters. The van der Waals surface area contributed by atoms with Crippen molar-refractivity contribution in [2.24, 2.45) is 0 Å². The van der Waals surface area contributed by atoms with Gasteiger partial charge in [-0.05, 0) is 108 Å². The van der Waals surface area contributed by atoms with Gasteiger partial charge < -0.3 is 4.57 Å². The van der Waals surface area contributed by atoms with Gasteiger partial charge in [-0.2, -0.15) is 0 Å². The first kappa shape index (κ1) is 28.6. The third kappa shape index (κ3) is 4.45. The maximum Gasteiger partial charge on any atom is 0.173 e. The number of hydrogen-bond acceptors (Lipinski definition) is 2. The summed E-state index contributed by atoms with van der Waals surface area (Å²) in [6.07, 6.45) is 0. The molecule has 0 fully saturated rings. The van der Waals surface area contributed by atoms with Crippen LogP contribution in [0.3, 0.4) is 0 Å². The van der Waals surface area contributed by atoms with Crippen molar-refractivity contribution in [1.29, 1.82) is 0 Å². The lowest BCUT2D eigenvalue weighted by molar-refractivity contribution is 0.592. The van der Waals surface area contributed by atoms with E-state index in [9.17, 15) is 0 Å². The minimum absolute atomic E-state index is 0.877. The highest BCUT2D eigenvalue weighted by atomic mass is 32.2. The molecule has 0 bridgehead atoms. The van der Waals surface area contributed by atoms with Gasteiger partial charge in [-0.1, -0.05) is 145 Å². The van der Waals surface area contributed by atoms with E-state index in [0.717, 1.165) is 53.2 Å². The van der Waals surface area contributed by atoms with Gasteiger partial charge in [0.2, 0.25) is 0 Å². The number of fused-ring (bicyclic) bond motifs is 9. The zero-order valence-electron chi connectivity index (χ0n) is 26.5. The molecule has 1 unspecified atom stereocenters. The highest BCUT2D eigenvalue weighted by Gasteiger charge is 2.38. The fourth-order valence-electron chi connectivity index (χ4n) is 7.70. The SMILES string of the molecule is O=P1(c2ccc3ccccc3c2)c2ccccc2Sc2ccc(-c3cccc(-c4ccc5c6ccccc6c6ccccc6c5c4)c3)cc21. The Bertz CT molecular complexity index is 2820. The molecule has 3 heteroatoms. The molecule has 9 aromatic rings. The summed E-state index contributed by atoms with van der Waals surface area (Å²) in [6, 6.07) is 62.5. The van der Waals surface area contributed by atoms with Crippen LogP contribution < -0.4 is 15.9 Å². The molecule has 0 spiro atoms. The molecule has 0 N–H and O–H groups in total. The minimum Gasteiger partial charge on any atom is -0.309 e. The molecule has 0 aromatic heterocycles. The number of hydrogen-bond donors (Lipinski definition) is 0. The molecule has 230 valence electrons. The first-order valence-electron chi connectivity index (χ1n) is 16.6. The normalized spacial score (nSPS) is 15.4. The van der Waals surface area contributed by atoms with E-state index in [1.807, 2.05) is 18.2 Å². The van der Waals surface area contributed by atoms with Crippen LogP contribution in [0.25, 0.3) is 65.3 Å². The number of rotatable bonds is 3. The molecule has 1 aliphatic rings. The summed E-state index contributed by atoms with van der Waals surface area (Å²) in [6.45, 7) is 0. The molecule has 0 saturated heterocycles. The van der Waals surface area contributed by atoms with Crippen molar-refractivity contribution < 1.29 is 4.57 Å². The highest BCUT2D eigenvalue weighted by molar-refractivity contribution is 8.02. The lowest BCUT2D eigenvalue weighted by atomic mass is 9.91. The molecule has 9 aromatic carbocycles. The van der Waals surface area contributed by atoms with Crippen molar-refractivity contribution >= 4 is 77.9 Å². The van der Waals surface area contributed by atoms with Gasteiger partial charge in [-0.3, -0.25) is 0 Å². The Morgan fingerprint density at radius 2 is 0.898 bits per heavy atom. The summed E-state index contributed by atoms with van der Waals surface area (Å²) in [5.74, 6) is 0. The lowest BCUT2D eigenvalue weighted by Crippen LogP contribution is -2.30. The first-order valence-corrected chi connectivity index (χ1v) is 19.1. The van der Waals surface area contributed by atoms with Crippen molar-refractivity contribution in [3.63, 3.8) is 0 Å². The Morgan fingerprint density at radius 1 is 0.347 bits per heavy atom. The predicted octanol–water partition coefficient (Wildman–Crippen LogP) is 11.7. The third-order valence-corrected chi connectivity index (χ3v) is 14.7. The second kappa shape index (κ2) is 11.1. The van der Waals surface area contributed by atoms with Gasteiger partial charge in [0.25, 0.3) is 0 Å². The van der Waals surface area contributed by atoms with Gasteiger partial charge in [0, 0.05) is 25.7 Å². The minimum atomic E-state index is -3.16. The van der Waals surface area contributed by atoms with Crippen LogP contribution in [0.1, 0.15) is 0 Å². The topological polar surface area (TPSA) is 17.1 Å². The van der Waals surface area contributed by atoms with Gasteiger partial charge in [-0.25, -0.2) is 0 Å². The molecule has 0 aliphatic carbocycles. The highest BCUT2D eigenvalue weighted by Crippen LogP contribution is 2.53. The van der Waals surface area contributed by atoms with Gasteiger partial charge in [0.05, 0.1) is 0 Å². The Labute approximate surface area is 289 Å². The third-order valence-electron chi connectivity index (χ3n) is 10.1. The quantitative estimate of drug-likeness (QED) is 0.139. The van der Waals surface area contributed by atoms with E-state index in [1.54, 1.807) is 11.8 Å². The zero-order valence-corrected chi connectivity index (χ0v) is 28.2. The summed E-state index contributed by atoms with van der Waals surface area (Å²) in [4.78, 5) is 2.13. The molecule has 10 rings (SSSR count). The van der Waals surface area contributed by atoms with Crippen LogP contribution in [0.15, 0.2) is 186 Å². The van der Waals surface area contributed by atoms with Crippen molar-refractivity contribution in [1.82, 2.24) is 0 Å². The van der Waals surface area contributed by atoms with Gasteiger partial charge in [0.1, 0.15) is 0 Å². The molecule has 1 heterocycles. The Kier molecular flexibility index (Phi) is 6.46. The second-order valence-corrected chi connectivity index (χ2v) is 16.6. The molecule has 49 heavy (non-hydrogen) atoms. The largest absolute Gasteiger partial charge is 0.309 e. The summed E-state index contributed by atoms with van der Waals surface area (Å²) in [7, 11) is -3.16. The predicted molar refractivity (Wildman–Crippen MR) is 211 cm³/mol. The summed E-state index contributed by atoms with van der Waals surface area (Å²) >= 11 is 1.72. The fraction of sp³-hybridized carbons (Fsp3) is 0. The van der Waals surface area contributed by atoms with E-state index in [2.05, 4.69) is 158 Å². The summed E-state index contributed by atoms with van der Waals surface area (Å²) in [5.41, 5.74) is 4.52. The van der Waals surface area contributed by atoms with Crippen LogP contribution in [0.2, 0.25) is 0 Å². The average molecular weight is 661 g/mol. The van der Waals surface area contributed by atoms with E-state index in [-0.39, 0.29) is 0 Å². The van der Waals surface area contributed by atoms with Crippen LogP contribution in [0.5, 0.6) is 0 Å². The molecule has 0 amide bonds. The van der Waals surface area contributed by atoms with E-state index in [1.165, 1.54) is 37.9 Å². The van der Waals surface area contributed by atoms with Crippen molar-refractivity contribution in [2.75, 3.05) is 0 Å². The van der Waals surface area contributed by atoms with Gasteiger partial charge >= 0.3 is 0 Å². The average Bonchev–Trinajstić information content (AvgIpc) is 3.17. The van der Waals surface area contributed by atoms with E-state index < -0.39 is 7.14 Å². The Hall–Kier alpha value is -5.40. The first-order chi connectivity index (χ1) is 24.1. The van der Waals surface area contributed by atoms with Crippen molar-refractivity contribution in [2.45, 2.75) is 9.79 Å². The molecule has 0 saturated carbocycles. The van der Waals surface area contributed by atoms with Crippen molar-refractivity contribution in [3.8, 4) is 22.3 Å². The second-order valence-electron chi connectivity index (χ2n) is 12.8. The summed E-state index contributed by atoms with van der Waals surface area (Å²) in [5, 5.41) is 12.6. The molecule has 0 radical (unpaired) electrons. The van der Waals surface area contributed by atoms with E-state index in [4.69, 9.17) is 0 Å². The maximum absolute atomic E-state index is 15.7. The van der Waals surface area contributed by atoms with Gasteiger partial charge in [0.15, 0.2) is 7.14 Å². The zero-order chi connectivity index (χ0) is 32.5. The van der Waals surface area contributed by atoms with E-state index >= 15 is 4.57 Å². The number of benzene rings is 9. The van der Waals surface area contributed by atoms with Crippen LogP contribution in [0.4, 0.5) is 0 Å². The maximum atomic E-state index is 15.7. The van der Waals surface area contributed by atoms with Gasteiger partial charge in [-0.15, -0.1) is 0 Å². The van der Waals surface area contributed by atoms with Crippen LogP contribution >= 0.6 is 18.9 Å². The standard InChI is InChI=1S/C46H29OPS/c47-48(36-23-20-30-10-1-2-11-33(30)27-36)43-18-7-8-19-45(43)49-46-25-22-35(29-44(46)48)32-13-9-12-31(26-32)34-21-24-41-39-16-4-3-14-37(39)38-15-5-6-17-40(38)42(41)28-34/h1-29H. The van der Waals surface area contributed by atoms with Crippen LogP contribution in [-0.2, 0) is 4.57 Å². The summed E-state index contributed by atoms with van der Waals surface area (Å²) < 4.78 is 15.7. The Balaban J connectivity index is 1.12. The molecule has 1 nitrogen and oxygen atoms in total. The van der Waals surface area contributed by atoms with Crippen LogP contribution in [0, 0.1) is 0 Å². The lowest BCUT2D eigenvalue weighted by Gasteiger charge is -2.29. The van der Waals surface area contributed by atoms with E-state index in [0.29, 0.717) is 0 Å². The fourth-order valence-corrected chi connectivity index (χ4v) is 12.4. The monoisotopic (exact) mass is 660 g/mol. The molecular formula is C46H29OPS.